The highest BCUT2D eigenvalue weighted by atomic mass is 16.1. The summed E-state index contributed by atoms with van der Waals surface area (Å²) in [4.78, 5) is 15.9. The Labute approximate surface area is 93.9 Å². The third-order valence-corrected chi connectivity index (χ3v) is 2.31. The van der Waals surface area contributed by atoms with Crippen LogP contribution < -0.4 is 5.73 Å². The zero-order valence-electron chi connectivity index (χ0n) is 8.76. The Bertz CT molecular complexity index is 494. The minimum Gasteiger partial charge on any atom is -0.397 e. The van der Waals surface area contributed by atoms with Crippen molar-refractivity contribution in [1.82, 2.24) is 4.98 Å². The molecule has 3 nitrogen and oxygen atoms in total. The van der Waals surface area contributed by atoms with Crippen LogP contribution in [0.25, 0.3) is 0 Å². The molecular formula is C13H12N2O. The van der Waals surface area contributed by atoms with E-state index in [1.54, 1.807) is 18.3 Å². The lowest BCUT2D eigenvalue weighted by Gasteiger charge is -2.03. The van der Waals surface area contributed by atoms with Crippen LogP contribution in [0, 0.1) is 0 Å². The number of nitrogens with two attached hydrogens (primary N) is 1. The number of pyridine rings is 1. The fraction of sp³-hybridized carbons (Fsp3) is 0.0769. The van der Waals surface area contributed by atoms with E-state index in [0.717, 1.165) is 5.56 Å². The average Bonchev–Trinajstić information content (AvgIpc) is 2.31. The Kier molecular flexibility index (Phi) is 2.96. The molecule has 0 aliphatic rings. The first-order valence-electron chi connectivity index (χ1n) is 5.05. The summed E-state index contributed by atoms with van der Waals surface area (Å²) < 4.78 is 0. The van der Waals surface area contributed by atoms with E-state index in [0.29, 0.717) is 17.8 Å². The van der Waals surface area contributed by atoms with Crippen LogP contribution >= 0.6 is 0 Å². The highest BCUT2D eigenvalue weighted by molar-refractivity contribution is 5.99. The minimum atomic E-state index is -0.0516. The normalized spacial score (nSPS) is 10.0. The van der Waals surface area contributed by atoms with Crippen LogP contribution in [0.4, 0.5) is 5.69 Å². The Balaban J connectivity index is 2.19. The van der Waals surface area contributed by atoms with Gasteiger partial charge in [-0.25, -0.2) is 0 Å². The molecule has 0 radical (unpaired) electrons. The number of carbonyl (C=O) groups excluding carboxylic acids is 1. The predicted molar refractivity (Wildman–Crippen MR) is 63.1 cm³/mol. The Morgan fingerprint density at radius 2 is 1.88 bits per heavy atom. The van der Waals surface area contributed by atoms with Gasteiger partial charge in [-0.15, -0.1) is 0 Å². The van der Waals surface area contributed by atoms with Crippen LogP contribution in [0.3, 0.4) is 0 Å². The lowest BCUT2D eigenvalue weighted by atomic mass is 10.1. The van der Waals surface area contributed by atoms with Crippen molar-refractivity contribution in [3.05, 3.63) is 59.9 Å². The van der Waals surface area contributed by atoms with Crippen LogP contribution in [0.15, 0.2) is 48.7 Å². The quantitative estimate of drug-likeness (QED) is 0.792. The molecule has 0 bridgehead atoms. The smallest absolute Gasteiger partial charge is 0.187 e. The van der Waals surface area contributed by atoms with E-state index in [9.17, 15) is 4.79 Å². The lowest BCUT2D eigenvalue weighted by molar-refractivity contribution is 0.0989. The molecule has 0 atom stereocenters. The highest BCUT2D eigenvalue weighted by Crippen LogP contribution is 2.11. The molecule has 1 aromatic carbocycles. The SMILES string of the molecule is Nc1cccnc1C(=O)Cc1ccccc1. The van der Waals surface area contributed by atoms with Gasteiger partial charge in [-0.3, -0.25) is 9.78 Å². The van der Waals surface area contributed by atoms with E-state index >= 15 is 0 Å². The summed E-state index contributed by atoms with van der Waals surface area (Å²) >= 11 is 0. The first-order valence-corrected chi connectivity index (χ1v) is 5.05. The van der Waals surface area contributed by atoms with Gasteiger partial charge in [-0.2, -0.15) is 0 Å². The summed E-state index contributed by atoms with van der Waals surface area (Å²) in [6.45, 7) is 0. The standard InChI is InChI=1S/C13H12N2O/c14-11-7-4-8-15-13(11)12(16)9-10-5-2-1-3-6-10/h1-8H,9,14H2. The molecule has 0 aliphatic carbocycles. The number of carbonyl (C=O) groups is 1. The number of rotatable bonds is 3. The number of nitrogen functional groups attached to an aromatic ring is 1. The van der Waals surface area contributed by atoms with Gasteiger partial charge in [0, 0.05) is 12.6 Å². The molecule has 2 aromatic rings. The van der Waals surface area contributed by atoms with Crippen LogP contribution in [0.5, 0.6) is 0 Å². The van der Waals surface area contributed by atoms with E-state index in [1.165, 1.54) is 0 Å². The van der Waals surface area contributed by atoms with Crippen molar-refractivity contribution < 1.29 is 4.79 Å². The number of aromatic nitrogens is 1. The number of hydrogen-bond acceptors (Lipinski definition) is 3. The van der Waals surface area contributed by atoms with E-state index < -0.39 is 0 Å². The van der Waals surface area contributed by atoms with Gasteiger partial charge in [0.2, 0.25) is 0 Å². The van der Waals surface area contributed by atoms with Crippen LogP contribution in [0.2, 0.25) is 0 Å². The molecule has 80 valence electrons. The topological polar surface area (TPSA) is 56.0 Å². The molecule has 0 aliphatic heterocycles. The summed E-state index contributed by atoms with van der Waals surface area (Å²) in [7, 11) is 0. The number of Topliss-reactive ketones (excluding diaryl/α,β-unsaturated/α-hetero) is 1. The molecule has 16 heavy (non-hydrogen) atoms. The van der Waals surface area contributed by atoms with Gasteiger partial charge in [0.15, 0.2) is 5.78 Å². The second kappa shape index (κ2) is 4.57. The molecule has 3 heteroatoms. The van der Waals surface area contributed by atoms with E-state index in [2.05, 4.69) is 4.98 Å². The number of ketones is 1. The molecule has 1 heterocycles. The first kappa shape index (κ1) is 10.4. The maximum absolute atomic E-state index is 11.9. The summed E-state index contributed by atoms with van der Waals surface area (Å²) in [5.74, 6) is -0.0516. The van der Waals surface area contributed by atoms with Crippen molar-refractivity contribution in [3.63, 3.8) is 0 Å². The summed E-state index contributed by atoms with van der Waals surface area (Å²) in [5, 5.41) is 0. The molecule has 2 rings (SSSR count). The molecule has 0 fully saturated rings. The van der Waals surface area contributed by atoms with Gasteiger partial charge in [-0.1, -0.05) is 30.3 Å². The van der Waals surface area contributed by atoms with Crippen LogP contribution in [-0.2, 0) is 6.42 Å². The fourth-order valence-corrected chi connectivity index (χ4v) is 1.52. The van der Waals surface area contributed by atoms with Crippen molar-refractivity contribution in [2.45, 2.75) is 6.42 Å². The molecule has 0 amide bonds. The number of benzene rings is 1. The van der Waals surface area contributed by atoms with Gasteiger partial charge < -0.3 is 5.73 Å². The van der Waals surface area contributed by atoms with E-state index in [-0.39, 0.29) is 5.78 Å². The van der Waals surface area contributed by atoms with Crippen molar-refractivity contribution in [2.75, 3.05) is 5.73 Å². The maximum atomic E-state index is 11.9. The van der Waals surface area contributed by atoms with Crippen LogP contribution in [0.1, 0.15) is 16.1 Å². The van der Waals surface area contributed by atoms with E-state index in [4.69, 9.17) is 5.73 Å². The van der Waals surface area contributed by atoms with Crippen LogP contribution in [-0.4, -0.2) is 10.8 Å². The number of nitrogens with zero attached hydrogens (tertiary/aromatic N) is 1. The second-order valence-electron chi connectivity index (χ2n) is 3.53. The summed E-state index contributed by atoms with van der Waals surface area (Å²) in [5.41, 5.74) is 7.45. The van der Waals surface area contributed by atoms with Gasteiger partial charge in [0.1, 0.15) is 5.69 Å². The van der Waals surface area contributed by atoms with Crippen molar-refractivity contribution >= 4 is 11.5 Å². The fourth-order valence-electron chi connectivity index (χ4n) is 1.52. The van der Waals surface area contributed by atoms with Crippen molar-refractivity contribution in [2.24, 2.45) is 0 Å². The summed E-state index contributed by atoms with van der Waals surface area (Å²) in [6, 6.07) is 13.0. The first-order chi connectivity index (χ1) is 7.77. The molecular weight excluding hydrogens is 200 g/mol. The van der Waals surface area contributed by atoms with Gasteiger partial charge in [-0.05, 0) is 17.7 Å². The minimum absolute atomic E-state index is 0.0516. The number of anilines is 1. The maximum Gasteiger partial charge on any atom is 0.187 e. The Hall–Kier alpha value is -2.16. The molecule has 0 saturated heterocycles. The zero-order valence-corrected chi connectivity index (χ0v) is 8.76. The third kappa shape index (κ3) is 2.25. The van der Waals surface area contributed by atoms with Crippen molar-refractivity contribution in [3.8, 4) is 0 Å². The summed E-state index contributed by atoms with van der Waals surface area (Å²) in [6.07, 6.45) is 1.91. The van der Waals surface area contributed by atoms with Crippen molar-refractivity contribution in [1.29, 1.82) is 0 Å². The lowest BCUT2D eigenvalue weighted by Crippen LogP contribution is -2.09. The zero-order chi connectivity index (χ0) is 11.4. The third-order valence-electron chi connectivity index (χ3n) is 2.31. The predicted octanol–water partition coefficient (Wildman–Crippen LogP) is 2.09. The molecule has 2 N–H and O–H groups in total. The monoisotopic (exact) mass is 212 g/mol. The number of hydrogen-bond donors (Lipinski definition) is 1. The van der Waals surface area contributed by atoms with Gasteiger partial charge in [0.25, 0.3) is 0 Å². The van der Waals surface area contributed by atoms with E-state index in [1.807, 2.05) is 30.3 Å². The Morgan fingerprint density at radius 3 is 2.56 bits per heavy atom. The van der Waals surface area contributed by atoms with Gasteiger partial charge in [0.05, 0.1) is 5.69 Å². The molecule has 0 saturated carbocycles. The Morgan fingerprint density at radius 1 is 1.12 bits per heavy atom. The molecule has 0 unspecified atom stereocenters. The largest absolute Gasteiger partial charge is 0.397 e. The molecule has 1 aromatic heterocycles. The second-order valence-corrected chi connectivity index (χ2v) is 3.53. The molecule has 0 spiro atoms. The average molecular weight is 212 g/mol. The van der Waals surface area contributed by atoms with Gasteiger partial charge >= 0.3 is 0 Å². The highest BCUT2D eigenvalue weighted by Gasteiger charge is 2.10.